The maximum Gasteiger partial charge on any atom is 0.446 e. The van der Waals surface area contributed by atoms with Gasteiger partial charge in [0, 0.05) is 40.1 Å². The van der Waals surface area contributed by atoms with Gasteiger partial charge >= 0.3 is 11.5 Å². The van der Waals surface area contributed by atoms with Crippen molar-refractivity contribution in [3.63, 3.8) is 0 Å². The maximum atomic E-state index is 13.8. The van der Waals surface area contributed by atoms with Gasteiger partial charge in [-0.2, -0.15) is 13.2 Å². The fourth-order valence-corrected chi connectivity index (χ4v) is 6.77. The molecular formula is C27H27F3N2O4S. The summed E-state index contributed by atoms with van der Waals surface area (Å²) in [6, 6.07) is 12.8. The van der Waals surface area contributed by atoms with Crippen molar-refractivity contribution in [1.29, 1.82) is 0 Å². The van der Waals surface area contributed by atoms with Crippen molar-refractivity contribution < 1.29 is 32.7 Å². The van der Waals surface area contributed by atoms with Gasteiger partial charge < -0.3 is 15.3 Å². The molecule has 1 aliphatic heterocycles. The third kappa shape index (κ3) is 4.95. The van der Waals surface area contributed by atoms with Crippen LogP contribution in [0, 0.1) is 11.8 Å². The Morgan fingerprint density at radius 1 is 1.00 bits per heavy atom. The van der Waals surface area contributed by atoms with Crippen LogP contribution in [0.25, 0.3) is 0 Å². The van der Waals surface area contributed by atoms with Crippen LogP contribution in [0.5, 0.6) is 0 Å². The first-order valence-corrected chi connectivity index (χ1v) is 13.2. The van der Waals surface area contributed by atoms with Crippen LogP contribution in [0.4, 0.5) is 18.9 Å². The summed E-state index contributed by atoms with van der Waals surface area (Å²) in [7, 11) is 0. The van der Waals surface area contributed by atoms with Crippen LogP contribution in [-0.2, 0) is 15.1 Å². The summed E-state index contributed by atoms with van der Waals surface area (Å²) in [5.41, 5.74) is -3.25. The normalized spacial score (nSPS) is 24.8. The monoisotopic (exact) mass is 532 g/mol. The van der Waals surface area contributed by atoms with Crippen molar-refractivity contribution in [1.82, 2.24) is 5.32 Å². The highest BCUT2D eigenvalue weighted by molar-refractivity contribution is 8.00. The third-order valence-corrected chi connectivity index (χ3v) is 8.43. The highest BCUT2D eigenvalue weighted by Gasteiger charge is 2.60. The fourth-order valence-electron chi connectivity index (χ4n) is 6.23. The molecule has 0 aromatic heterocycles. The van der Waals surface area contributed by atoms with Gasteiger partial charge in [0.05, 0.1) is 12.0 Å². The fraction of sp³-hybridized carbons (Fsp3) is 0.444. The molecule has 2 N–H and O–H groups in total. The van der Waals surface area contributed by atoms with Crippen LogP contribution >= 0.6 is 11.8 Å². The molecule has 6 nitrogen and oxygen atoms in total. The first-order chi connectivity index (χ1) is 17.6. The van der Waals surface area contributed by atoms with Crippen molar-refractivity contribution in [2.24, 2.45) is 11.8 Å². The average molecular weight is 533 g/mol. The number of nitrogens with zero attached hydrogens (tertiary/aromatic N) is 1. The molecule has 2 fully saturated rings. The van der Waals surface area contributed by atoms with Gasteiger partial charge in [0.2, 0.25) is 5.91 Å². The molecule has 1 heterocycles. The lowest BCUT2D eigenvalue weighted by Gasteiger charge is -2.52. The molecule has 3 aliphatic rings. The molecule has 2 aliphatic carbocycles. The highest BCUT2D eigenvalue weighted by atomic mass is 32.2. The van der Waals surface area contributed by atoms with Crippen LogP contribution in [0.15, 0.2) is 53.4 Å². The van der Waals surface area contributed by atoms with E-state index < -0.39 is 17.0 Å². The van der Waals surface area contributed by atoms with Gasteiger partial charge in [0.1, 0.15) is 0 Å². The van der Waals surface area contributed by atoms with Crippen LogP contribution < -0.4 is 10.2 Å². The number of nitrogens with one attached hydrogen (secondary N) is 1. The second-order valence-electron chi connectivity index (χ2n) is 9.95. The zero-order valence-electron chi connectivity index (χ0n) is 20.0. The second kappa shape index (κ2) is 9.70. The molecule has 2 amide bonds. The number of rotatable bonds is 7. The van der Waals surface area contributed by atoms with Crippen molar-refractivity contribution in [3.8, 4) is 0 Å². The number of thioether (sulfide) groups is 1. The largest absolute Gasteiger partial charge is 0.481 e. The Morgan fingerprint density at radius 2 is 1.70 bits per heavy atom. The van der Waals surface area contributed by atoms with Gasteiger partial charge in [0.25, 0.3) is 5.91 Å². The van der Waals surface area contributed by atoms with Crippen molar-refractivity contribution >= 4 is 35.2 Å². The van der Waals surface area contributed by atoms with Gasteiger partial charge in [-0.15, -0.1) is 0 Å². The number of benzene rings is 2. The van der Waals surface area contributed by atoms with E-state index in [0.717, 1.165) is 37.7 Å². The van der Waals surface area contributed by atoms with E-state index >= 15 is 0 Å². The van der Waals surface area contributed by atoms with Crippen LogP contribution in [0.1, 0.15) is 60.9 Å². The van der Waals surface area contributed by atoms with E-state index in [4.69, 9.17) is 5.11 Å². The number of anilines is 1. The number of carbonyl (C=O) groups excluding carboxylic acids is 2. The predicted octanol–water partition coefficient (Wildman–Crippen LogP) is 5.71. The zero-order valence-corrected chi connectivity index (χ0v) is 20.8. The molecule has 0 spiro atoms. The number of aliphatic carboxylic acids is 1. The number of carbonyl (C=O) groups is 3. The first-order valence-electron chi connectivity index (χ1n) is 12.4. The summed E-state index contributed by atoms with van der Waals surface area (Å²) in [4.78, 5) is 39.7. The van der Waals surface area contributed by atoms with E-state index in [0.29, 0.717) is 11.3 Å². The van der Waals surface area contributed by atoms with Gasteiger partial charge in [-0.3, -0.25) is 14.4 Å². The minimum Gasteiger partial charge on any atom is -0.481 e. The lowest BCUT2D eigenvalue weighted by molar-refractivity contribution is -0.139. The molecule has 2 aromatic carbocycles. The Kier molecular flexibility index (Phi) is 6.72. The van der Waals surface area contributed by atoms with Crippen molar-refractivity contribution in [2.45, 2.75) is 66.9 Å². The minimum absolute atomic E-state index is 0.0126. The number of para-hydroxylation sites is 1. The molecule has 37 heavy (non-hydrogen) atoms. The Bertz CT molecular complexity index is 1210. The highest BCUT2D eigenvalue weighted by Crippen LogP contribution is 2.60. The third-order valence-electron chi connectivity index (χ3n) is 7.69. The van der Waals surface area contributed by atoms with Crippen LogP contribution in [0.2, 0.25) is 0 Å². The second-order valence-corrected chi connectivity index (χ2v) is 11.1. The van der Waals surface area contributed by atoms with E-state index in [1.54, 1.807) is 4.90 Å². The number of carboxylic acid groups (broad SMARTS) is 1. The number of carboxylic acids is 1. The quantitative estimate of drug-likeness (QED) is 0.446. The van der Waals surface area contributed by atoms with Gasteiger partial charge in [-0.1, -0.05) is 24.6 Å². The first kappa shape index (κ1) is 25.6. The molecule has 2 aromatic rings. The topological polar surface area (TPSA) is 86.7 Å². The van der Waals surface area contributed by atoms with Gasteiger partial charge in [0.15, 0.2) is 0 Å². The zero-order chi connectivity index (χ0) is 26.4. The lowest BCUT2D eigenvalue weighted by Crippen LogP contribution is -2.62. The number of alkyl halides is 3. The van der Waals surface area contributed by atoms with Crippen molar-refractivity contribution in [2.75, 3.05) is 4.90 Å². The minimum atomic E-state index is -4.41. The predicted molar refractivity (Wildman–Crippen MR) is 132 cm³/mol. The number of fused-ring (bicyclic) bond motifs is 2. The van der Waals surface area contributed by atoms with Crippen molar-refractivity contribution in [3.05, 3.63) is 59.7 Å². The van der Waals surface area contributed by atoms with Crippen LogP contribution in [-0.4, -0.2) is 34.4 Å². The summed E-state index contributed by atoms with van der Waals surface area (Å²) < 4.78 is 38.3. The maximum absolute atomic E-state index is 13.8. The molecule has 196 valence electrons. The summed E-state index contributed by atoms with van der Waals surface area (Å²) >= 11 is -0.220. The molecule has 0 saturated heterocycles. The molecule has 3 atom stereocenters. The molecule has 2 saturated carbocycles. The van der Waals surface area contributed by atoms with E-state index in [1.807, 2.05) is 24.3 Å². The molecule has 0 unspecified atom stereocenters. The Labute approximate surface area is 216 Å². The number of halogens is 3. The summed E-state index contributed by atoms with van der Waals surface area (Å²) in [5, 5.41) is 12.3. The molecule has 0 radical (unpaired) electrons. The smallest absolute Gasteiger partial charge is 0.446 e. The standard InChI is InChI=1S/C27H27F3N2O4S/c28-27(29,30)37-18-12-8-16(9-13-18)25(36)32-21-6-2-1-4-19(21)26(17-10-11-17,20-5-3-7-22(20)32)31-23(33)14-15-24(34)35/h1-2,4,6,8-9,12-13,17,20,22H,3,5,7,10-11,14-15H2,(H,31,33)(H,34,35)/t20-,22+,26+/m0/s1. The van der Waals surface area contributed by atoms with E-state index in [-0.39, 0.29) is 59.2 Å². The molecule has 0 bridgehead atoms. The summed E-state index contributed by atoms with van der Waals surface area (Å²) in [6.07, 6.45) is 3.91. The van der Waals surface area contributed by atoms with E-state index in [2.05, 4.69) is 5.32 Å². The lowest BCUT2D eigenvalue weighted by atomic mass is 9.67. The summed E-state index contributed by atoms with van der Waals surface area (Å²) in [5.74, 6) is -1.48. The molecule has 5 rings (SSSR count). The molecular weight excluding hydrogens is 505 g/mol. The van der Waals surface area contributed by atoms with Crippen LogP contribution in [0.3, 0.4) is 0 Å². The number of hydrogen-bond acceptors (Lipinski definition) is 4. The van der Waals surface area contributed by atoms with E-state index in [9.17, 15) is 27.6 Å². The Hall–Kier alpha value is -3.01. The Balaban J connectivity index is 1.52. The Morgan fingerprint density at radius 3 is 2.35 bits per heavy atom. The average Bonchev–Trinajstić information content (AvgIpc) is 3.59. The SMILES string of the molecule is O=C(O)CCC(=O)N[C@]1(C2CC2)c2ccccc2N(C(=O)c2ccc(SC(F)(F)F)cc2)[C@@H]2CCC[C@@H]21. The number of amides is 2. The van der Waals surface area contributed by atoms with Gasteiger partial charge in [-0.25, -0.2) is 0 Å². The van der Waals surface area contributed by atoms with E-state index in [1.165, 1.54) is 24.3 Å². The number of hydrogen-bond donors (Lipinski definition) is 2. The van der Waals surface area contributed by atoms with Gasteiger partial charge in [-0.05, 0) is 73.7 Å². The molecule has 10 heteroatoms. The summed E-state index contributed by atoms with van der Waals surface area (Å²) in [6.45, 7) is 0.